The highest BCUT2D eigenvalue weighted by Gasteiger charge is 2.27. The highest BCUT2D eigenvalue weighted by molar-refractivity contribution is 5.89. The van der Waals surface area contributed by atoms with Gasteiger partial charge in [-0.15, -0.1) is 0 Å². The molecule has 0 saturated carbocycles. The Balaban J connectivity index is 4.11. The van der Waals surface area contributed by atoms with Gasteiger partial charge >= 0.3 is 12.0 Å². The molecule has 8 nitrogen and oxygen atoms in total. The summed E-state index contributed by atoms with van der Waals surface area (Å²) in [5.74, 6) is -2.18. The van der Waals surface area contributed by atoms with E-state index in [-0.39, 0.29) is 0 Å². The average Bonchev–Trinajstić information content (AvgIpc) is 2.12. The Morgan fingerprint density at radius 2 is 1.88 bits per heavy atom. The Hall–Kier alpha value is -1.83. The van der Waals surface area contributed by atoms with Gasteiger partial charge in [-0.05, 0) is 13.8 Å². The first kappa shape index (κ1) is 14.2. The molecule has 0 spiro atoms. The van der Waals surface area contributed by atoms with E-state index in [1.807, 2.05) is 0 Å². The Labute approximate surface area is 91.8 Å². The molecule has 6 N–H and O–H groups in total. The Bertz CT molecular complexity index is 302. The number of carboxylic acids is 1. The molecular formula is C8H15N3O5. The van der Waals surface area contributed by atoms with Crippen molar-refractivity contribution in [2.45, 2.75) is 25.5 Å². The average molecular weight is 233 g/mol. The maximum atomic E-state index is 11.2. The van der Waals surface area contributed by atoms with E-state index < -0.39 is 36.1 Å². The van der Waals surface area contributed by atoms with Gasteiger partial charge in [-0.1, -0.05) is 0 Å². The van der Waals surface area contributed by atoms with Crippen molar-refractivity contribution in [3.8, 4) is 0 Å². The molecule has 0 saturated heterocycles. The largest absolute Gasteiger partial charge is 0.479 e. The fourth-order valence-corrected chi connectivity index (χ4v) is 0.666. The van der Waals surface area contributed by atoms with Gasteiger partial charge in [0.25, 0.3) is 0 Å². The van der Waals surface area contributed by atoms with E-state index in [1.165, 1.54) is 13.8 Å². The SMILES string of the molecule is CC(C)(NC(=O)NC[C@H](O)C(=O)O)C(N)=O. The number of aliphatic hydroxyl groups excluding tert-OH is 1. The highest BCUT2D eigenvalue weighted by Crippen LogP contribution is 1.99. The summed E-state index contributed by atoms with van der Waals surface area (Å²) in [6.45, 7) is 2.32. The van der Waals surface area contributed by atoms with Gasteiger partial charge in [0.05, 0.1) is 6.54 Å². The van der Waals surface area contributed by atoms with Crippen molar-refractivity contribution in [3.05, 3.63) is 0 Å². The number of carbonyl (C=O) groups excluding carboxylic acids is 2. The predicted molar refractivity (Wildman–Crippen MR) is 53.5 cm³/mol. The molecule has 0 aromatic heterocycles. The van der Waals surface area contributed by atoms with Crippen LogP contribution in [-0.4, -0.2) is 46.3 Å². The fraction of sp³-hybridized carbons (Fsp3) is 0.625. The minimum atomic E-state index is -1.69. The van der Waals surface area contributed by atoms with Crippen molar-refractivity contribution in [1.29, 1.82) is 0 Å². The summed E-state index contributed by atoms with van der Waals surface area (Å²) >= 11 is 0. The summed E-state index contributed by atoms with van der Waals surface area (Å²) in [6.07, 6.45) is -1.69. The van der Waals surface area contributed by atoms with Gasteiger partial charge in [0.2, 0.25) is 5.91 Å². The quantitative estimate of drug-likeness (QED) is 0.373. The molecule has 0 bridgehead atoms. The van der Waals surface area contributed by atoms with Crippen molar-refractivity contribution in [3.63, 3.8) is 0 Å². The number of nitrogens with two attached hydrogens (primary N) is 1. The zero-order valence-corrected chi connectivity index (χ0v) is 8.98. The van der Waals surface area contributed by atoms with E-state index in [9.17, 15) is 14.4 Å². The van der Waals surface area contributed by atoms with Crippen LogP contribution in [0.25, 0.3) is 0 Å². The summed E-state index contributed by atoms with van der Waals surface area (Å²) < 4.78 is 0. The van der Waals surface area contributed by atoms with E-state index in [1.54, 1.807) is 0 Å². The van der Waals surface area contributed by atoms with Gasteiger partial charge in [0, 0.05) is 0 Å². The van der Waals surface area contributed by atoms with Gasteiger partial charge in [-0.3, -0.25) is 4.79 Å². The van der Waals surface area contributed by atoms with Gasteiger partial charge in [0.15, 0.2) is 6.10 Å². The molecule has 0 aliphatic carbocycles. The molecule has 0 aliphatic heterocycles. The molecule has 0 rings (SSSR count). The molecule has 16 heavy (non-hydrogen) atoms. The van der Waals surface area contributed by atoms with Crippen LogP contribution < -0.4 is 16.4 Å². The number of aliphatic hydroxyl groups is 1. The van der Waals surface area contributed by atoms with Crippen LogP contribution in [0.15, 0.2) is 0 Å². The van der Waals surface area contributed by atoms with E-state index in [0.29, 0.717) is 0 Å². The van der Waals surface area contributed by atoms with Crippen LogP contribution in [-0.2, 0) is 9.59 Å². The topological polar surface area (TPSA) is 142 Å². The zero-order valence-electron chi connectivity index (χ0n) is 8.98. The number of carbonyl (C=O) groups is 3. The number of primary amides is 1. The third-order valence-electron chi connectivity index (χ3n) is 1.78. The van der Waals surface area contributed by atoms with Gasteiger partial charge in [-0.2, -0.15) is 0 Å². The van der Waals surface area contributed by atoms with E-state index in [0.717, 1.165) is 0 Å². The Kier molecular flexibility index (Phi) is 4.70. The van der Waals surface area contributed by atoms with Crippen LogP contribution >= 0.6 is 0 Å². The number of aliphatic carboxylic acids is 1. The first-order valence-corrected chi connectivity index (χ1v) is 4.43. The molecule has 0 aromatic rings. The lowest BCUT2D eigenvalue weighted by molar-refractivity contribution is -0.146. The number of carboxylic acid groups (broad SMARTS) is 1. The first-order valence-electron chi connectivity index (χ1n) is 4.43. The molecule has 8 heteroatoms. The molecule has 92 valence electrons. The highest BCUT2D eigenvalue weighted by atomic mass is 16.4. The fourth-order valence-electron chi connectivity index (χ4n) is 0.666. The monoisotopic (exact) mass is 233 g/mol. The van der Waals surface area contributed by atoms with Crippen LogP contribution in [0.3, 0.4) is 0 Å². The van der Waals surface area contributed by atoms with Crippen LogP contribution in [0.4, 0.5) is 4.79 Å². The van der Waals surface area contributed by atoms with E-state index >= 15 is 0 Å². The second kappa shape index (κ2) is 5.31. The zero-order chi connectivity index (χ0) is 12.9. The molecule has 0 aliphatic rings. The minimum absolute atomic E-state index is 0.462. The van der Waals surface area contributed by atoms with Crippen molar-refractivity contribution in [2.24, 2.45) is 5.73 Å². The van der Waals surface area contributed by atoms with Gasteiger partial charge in [0.1, 0.15) is 5.54 Å². The lowest BCUT2D eigenvalue weighted by Gasteiger charge is -2.22. The lowest BCUT2D eigenvalue weighted by Crippen LogP contribution is -2.56. The summed E-state index contributed by atoms with van der Waals surface area (Å²) in [4.78, 5) is 32.2. The van der Waals surface area contributed by atoms with Crippen molar-refractivity contribution in [2.75, 3.05) is 6.54 Å². The van der Waals surface area contributed by atoms with E-state index in [4.69, 9.17) is 15.9 Å². The van der Waals surface area contributed by atoms with Gasteiger partial charge < -0.3 is 26.6 Å². The molecule has 0 heterocycles. The van der Waals surface area contributed by atoms with Crippen LogP contribution in [0.5, 0.6) is 0 Å². The molecule has 1 atom stereocenters. The molecule has 0 unspecified atom stereocenters. The molecule has 0 fully saturated rings. The first-order chi connectivity index (χ1) is 7.16. The number of amides is 3. The predicted octanol–water partition coefficient (Wildman–Crippen LogP) is -2.00. The number of hydrogen-bond donors (Lipinski definition) is 5. The number of urea groups is 1. The number of rotatable bonds is 5. The summed E-state index contributed by atoms with van der Waals surface area (Å²) in [7, 11) is 0. The third kappa shape index (κ3) is 4.60. The number of hydrogen-bond acceptors (Lipinski definition) is 4. The number of nitrogens with one attached hydrogen (secondary N) is 2. The van der Waals surface area contributed by atoms with Crippen molar-refractivity contribution < 1.29 is 24.6 Å². The second-order valence-corrected chi connectivity index (χ2v) is 3.68. The second-order valence-electron chi connectivity index (χ2n) is 3.68. The van der Waals surface area contributed by atoms with Crippen LogP contribution in [0.1, 0.15) is 13.8 Å². The summed E-state index contributed by atoms with van der Waals surface area (Å²) in [5.41, 5.74) is 3.75. The van der Waals surface area contributed by atoms with Crippen LogP contribution in [0.2, 0.25) is 0 Å². The van der Waals surface area contributed by atoms with Crippen LogP contribution in [0, 0.1) is 0 Å². The Morgan fingerprint density at radius 3 is 2.25 bits per heavy atom. The normalized spacial score (nSPS) is 12.7. The van der Waals surface area contributed by atoms with Crippen molar-refractivity contribution >= 4 is 17.9 Å². The maximum absolute atomic E-state index is 11.2. The minimum Gasteiger partial charge on any atom is -0.479 e. The third-order valence-corrected chi connectivity index (χ3v) is 1.78. The maximum Gasteiger partial charge on any atom is 0.334 e. The molecule has 0 radical (unpaired) electrons. The lowest BCUT2D eigenvalue weighted by atomic mass is 10.1. The Morgan fingerprint density at radius 1 is 1.38 bits per heavy atom. The standard InChI is InChI=1S/C8H15N3O5/c1-8(2,6(9)15)11-7(16)10-3-4(12)5(13)14/h4,12H,3H2,1-2H3,(H2,9,15)(H,13,14)(H2,10,11,16)/t4-/m0/s1. The van der Waals surface area contributed by atoms with Gasteiger partial charge in [-0.25, -0.2) is 9.59 Å². The molecular weight excluding hydrogens is 218 g/mol. The molecule has 3 amide bonds. The summed E-state index contributed by atoms with van der Waals surface area (Å²) in [5, 5.41) is 21.5. The summed E-state index contributed by atoms with van der Waals surface area (Å²) in [6, 6.07) is -0.788. The smallest absolute Gasteiger partial charge is 0.334 e. The van der Waals surface area contributed by atoms with Crippen molar-refractivity contribution in [1.82, 2.24) is 10.6 Å². The molecule has 0 aromatic carbocycles. The van der Waals surface area contributed by atoms with E-state index in [2.05, 4.69) is 10.6 Å².